The number of aliphatic imine (C=N–C) groups is 1. The minimum atomic E-state index is -3.11. The highest BCUT2D eigenvalue weighted by atomic mass is 127. The zero-order chi connectivity index (χ0) is 21.0. The van der Waals surface area contributed by atoms with Gasteiger partial charge in [-0.15, -0.1) is 24.0 Å². The second-order valence-corrected chi connectivity index (χ2v) is 9.59. The van der Waals surface area contributed by atoms with E-state index in [1.165, 1.54) is 16.6 Å². The first-order valence-corrected chi connectivity index (χ1v) is 11.7. The summed E-state index contributed by atoms with van der Waals surface area (Å²) in [5.41, 5.74) is 0.297. The lowest BCUT2D eigenvalue weighted by atomic mass is 9.98. The van der Waals surface area contributed by atoms with Gasteiger partial charge < -0.3 is 15.1 Å². The molecular formula is C19H30F2IN5O2S. The van der Waals surface area contributed by atoms with Crippen molar-refractivity contribution in [3.8, 4) is 0 Å². The molecule has 7 nitrogen and oxygen atoms in total. The van der Waals surface area contributed by atoms with Crippen LogP contribution in [0.5, 0.6) is 0 Å². The van der Waals surface area contributed by atoms with E-state index in [-0.39, 0.29) is 24.0 Å². The van der Waals surface area contributed by atoms with Gasteiger partial charge in [0.05, 0.1) is 11.9 Å². The van der Waals surface area contributed by atoms with Crippen molar-refractivity contribution in [2.45, 2.75) is 12.8 Å². The summed E-state index contributed by atoms with van der Waals surface area (Å²) in [4.78, 5) is 8.31. The second kappa shape index (κ2) is 10.9. The minimum Gasteiger partial charge on any atom is -0.366 e. The van der Waals surface area contributed by atoms with Crippen LogP contribution in [0.2, 0.25) is 0 Å². The number of nitrogens with zero attached hydrogens (tertiary/aromatic N) is 4. The fourth-order valence-electron chi connectivity index (χ4n) is 3.90. The van der Waals surface area contributed by atoms with Crippen LogP contribution >= 0.6 is 24.0 Å². The zero-order valence-corrected chi connectivity index (χ0v) is 20.5. The van der Waals surface area contributed by atoms with Crippen LogP contribution in [-0.4, -0.2) is 82.7 Å². The van der Waals surface area contributed by atoms with E-state index in [9.17, 15) is 17.2 Å². The van der Waals surface area contributed by atoms with Crippen molar-refractivity contribution < 1.29 is 17.2 Å². The molecule has 0 radical (unpaired) electrons. The molecule has 2 saturated heterocycles. The van der Waals surface area contributed by atoms with Gasteiger partial charge in [0.25, 0.3) is 0 Å². The van der Waals surface area contributed by atoms with E-state index in [1.807, 2.05) is 4.90 Å². The van der Waals surface area contributed by atoms with Crippen LogP contribution in [0.4, 0.5) is 14.5 Å². The molecule has 0 bridgehead atoms. The molecule has 1 N–H and O–H groups in total. The SMILES string of the molecule is CN=C(NCC1CCN(S(C)(=O)=O)CC1)N1CCN(c2cc(F)ccc2F)CC1.I. The lowest BCUT2D eigenvalue weighted by molar-refractivity contribution is 0.271. The molecule has 0 aliphatic carbocycles. The van der Waals surface area contributed by atoms with Crippen LogP contribution < -0.4 is 10.2 Å². The normalized spacial score (nSPS) is 19.5. The van der Waals surface area contributed by atoms with Crippen molar-refractivity contribution in [2.75, 3.05) is 64.0 Å². The standard InChI is InChI=1S/C19H29F2N5O2S.HI/c1-22-19(23-14-15-5-7-26(8-6-15)29(2,27)28)25-11-9-24(10-12-25)18-13-16(20)3-4-17(18)21;/h3-4,13,15H,5-12,14H2,1-2H3,(H,22,23);1H. The summed E-state index contributed by atoms with van der Waals surface area (Å²) in [5, 5.41) is 3.39. The molecule has 3 rings (SSSR count). The highest BCUT2D eigenvalue weighted by molar-refractivity contribution is 14.0. The van der Waals surface area contributed by atoms with Gasteiger partial charge >= 0.3 is 0 Å². The third-order valence-electron chi connectivity index (χ3n) is 5.63. The first kappa shape index (κ1) is 25.1. The highest BCUT2D eigenvalue weighted by Crippen LogP contribution is 2.22. The Hall–Kier alpha value is -1.21. The summed E-state index contributed by atoms with van der Waals surface area (Å²) in [6.45, 7) is 4.32. The van der Waals surface area contributed by atoms with E-state index in [1.54, 1.807) is 7.05 Å². The van der Waals surface area contributed by atoms with Gasteiger partial charge in [-0.05, 0) is 30.9 Å². The first-order chi connectivity index (χ1) is 13.8. The van der Waals surface area contributed by atoms with Gasteiger partial charge in [-0.2, -0.15) is 0 Å². The quantitative estimate of drug-likeness (QED) is 0.349. The van der Waals surface area contributed by atoms with E-state index in [4.69, 9.17) is 0 Å². The molecule has 0 unspecified atom stereocenters. The Morgan fingerprint density at radius 2 is 1.77 bits per heavy atom. The van der Waals surface area contributed by atoms with Crippen molar-refractivity contribution in [2.24, 2.45) is 10.9 Å². The molecular weight excluding hydrogens is 527 g/mol. The molecule has 170 valence electrons. The zero-order valence-electron chi connectivity index (χ0n) is 17.4. The molecule has 30 heavy (non-hydrogen) atoms. The summed E-state index contributed by atoms with van der Waals surface area (Å²) < 4.78 is 52.2. The summed E-state index contributed by atoms with van der Waals surface area (Å²) in [6, 6.07) is 3.52. The maximum atomic E-state index is 14.0. The number of hydrogen-bond acceptors (Lipinski definition) is 4. The van der Waals surface area contributed by atoms with Crippen molar-refractivity contribution in [3.05, 3.63) is 29.8 Å². The van der Waals surface area contributed by atoms with Crippen LogP contribution in [0.3, 0.4) is 0 Å². The number of sulfonamides is 1. The Labute approximate surface area is 194 Å². The predicted molar refractivity (Wildman–Crippen MR) is 126 cm³/mol. The van der Waals surface area contributed by atoms with Crippen molar-refractivity contribution >= 4 is 45.6 Å². The number of rotatable bonds is 4. The lowest BCUT2D eigenvalue weighted by Crippen LogP contribution is -2.53. The lowest BCUT2D eigenvalue weighted by Gasteiger charge is -2.38. The van der Waals surface area contributed by atoms with Gasteiger partial charge in [0.15, 0.2) is 5.96 Å². The van der Waals surface area contributed by atoms with Crippen LogP contribution in [0.25, 0.3) is 0 Å². The molecule has 0 saturated carbocycles. The molecule has 2 heterocycles. The number of piperazine rings is 1. The van der Waals surface area contributed by atoms with Gasteiger partial charge in [-0.25, -0.2) is 21.5 Å². The molecule has 0 amide bonds. The number of benzene rings is 1. The van der Waals surface area contributed by atoms with E-state index >= 15 is 0 Å². The maximum Gasteiger partial charge on any atom is 0.211 e. The van der Waals surface area contributed by atoms with Crippen molar-refractivity contribution in [3.63, 3.8) is 0 Å². The van der Waals surface area contributed by atoms with Gasteiger partial charge in [0.2, 0.25) is 10.0 Å². The third kappa shape index (κ3) is 6.39. The van der Waals surface area contributed by atoms with E-state index < -0.39 is 21.7 Å². The van der Waals surface area contributed by atoms with Crippen LogP contribution in [0.1, 0.15) is 12.8 Å². The maximum absolute atomic E-state index is 14.0. The largest absolute Gasteiger partial charge is 0.366 e. The summed E-state index contributed by atoms with van der Waals surface area (Å²) in [6.07, 6.45) is 2.90. The number of guanidine groups is 1. The van der Waals surface area contributed by atoms with Gasteiger partial charge in [-0.3, -0.25) is 4.99 Å². The molecule has 0 spiro atoms. The number of hydrogen-bond donors (Lipinski definition) is 1. The minimum absolute atomic E-state index is 0. The third-order valence-corrected chi connectivity index (χ3v) is 6.93. The van der Waals surface area contributed by atoms with Crippen LogP contribution in [-0.2, 0) is 10.0 Å². The molecule has 1 aromatic rings. The fourth-order valence-corrected chi connectivity index (χ4v) is 4.77. The fraction of sp³-hybridized carbons (Fsp3) is 0.632. The average Bonchev–Trinajstić information content (AvgIpc) is 2.70. The van der Waals surface area contributed by atoms with Gasteiger partial charge in [-0.1, -0.05) is 0 Å². The van der Waals surface area contributed by atoms with E-state index in [0.717, 1.165) is 37.5 Å². The van der Waals surface area contributed by atoms with Crippen molar-refractivity contribution in [1.29, 1.82) is 0 Å². The summed E-state index contributed by atoms with van der Waals surface area (Å²) >= 11 is 0. The second-order valence-electron chi connectivity index (χ2n) is 7.60. The molecule has 0 aromatic heterocycles. The predicted octanol–water partition coefficient (Wildman–Crippen LogP) is 1.95. The Kier molecular flexibility index (Phi) is 9.10. The van der Waals surface area contributed by atoms with Gasteiger partial charge in [0, 0.05) is 58.9 Å². The molecule has 2 fully saturated rings. The van der Waals surface area contributed by atoms with Crippen molar-refractivity contribution in [1.82, 2.24) is 14.5 Å². The Balaban J connectivity index is 0.00000320. The molecule has 11 heteroatoms. The van der Waals surface area contributed by atoms with Crippen LogP contribution in [0.15, 0.2) is 23.2 Å². The van der Waals surface area contributed by atoms with Crippen LogP contribution in [0, 0.1) is 17.6 Å². The monoisotopic (exact) mass is 557 g/mol. The molecule has 2 aliphatic rings. The summed E-state index contributed by atoms with van der Waals surface area (Å²) in [5.74, 6) is 0.327. The Morgan fingerprint density at radius 1 is 1.13 bits per heavy atom. The molecule has 2 aliphatic heterocycles. The number of nitrogens with one attached hydrogen (secondary N) is 1. The van der Waals surface area contributed by atoms with E-state index in [2.05, 4.69) is 15.2 Å². The summed E-state index contributed by atoms with van der Waals surface area (Å²) in [7, 11) is -1.38. The average molecular weight is 557 g/mol. The first-order valence-electron chi connectivity index (χ1n) is 9.88. The Bertz CT molecular complexity index is 839. The highest BCUT2D eigenvalue weighted by Gasteiger charge is 2.26. The number of anilines is 1. The number of halogens is 3. The Morgan fingerprint density at radius 3 is 2.33 bits per heavy atom. The topological polar surface area (TPSA) is 68.2 Å². The smallest absolute Gasteiger partial charge is 0.211 e. The van der Waals surface area contributed by atoms with Gasteiger partial charge in [0.1, 0.15) is 11.6 Å². The molecule has 0 atom stereocenters. The number of piperidine rings is 1. The van der Waals surface area contributed by atoms with E-state index in [0.29, 0.717) is 50.9 Å². The molecule has 1 aromatic carbocycles.